The highest BCUT2D eigenvalue weighted by atomic mass is 16.5. The van der Waals surface area contributed by atoms with Gasteiger partial charge in [0.15, 0.2) is 5.43 Å². The lowest BCUT2D eigenvalue weighted by Crippen LogP contribution is -2.15. The zero-order valence-corrected chi connectivity index (χ0v) is 11.3. The molecule has 0 aliphatic rings. The molecule has 100 valence electrons. The number of aromatic nitrogens is 1. The zero-order chi connectivity index (χ0) is 14.0. The number of pyridine rings is 1. The van der Waals surface area contributed by atoms with Gasteiger partial charge in [0.25, 0.3) is 0 Å². The first kappa shape index (κ1) is 13.3. The van der Waals surface area contributed by atoms with Gasteiger partial charge in [-0.05, 0) is 23.6 Å². The Hall–Kier alpha value is -2.10. The lowest BCUT2D eigenvalue weighted by Gasteiger charge is -2.11. The van der Waals surface area contributed by atoms with E-state index in [1.165, 1.54) is 13.2 Å². The molecule has 1 aromatic carbocycles. The van der Waals surface area contributed by atoms with Crippen LogP contribution in [0.4, 0.5) is 0 Å². The van der Waals surface area contributed by atoms with Crippen molar-refractivity contribution >= 4 is 16.9 Å². The summed E-state index contributed by atoms with van der Waals surface area (Å²) in [7, 11) is 1.35. The molecule has 19 heavy (non-hydrogen) atoms. The quantitative estimate of drug-likeness (QED) is 0.795. The number of ether oxygens (including phenoxy) is 1. The van der Waals surface area contributed by atoms with Gasteiger partial charge in [-0.2, -0.15) is 0 Å². The number of esters is 1. The monoisotopic (exact) mass is 259 g/mol. The van der Waals surface area contributed by atoms with E-state index in [1.54, 1.807) is 10.8 Å². The summed E-state index contributed by atoms with van der Waals surface area (Å²) < 4.78 is 6.39. The summed E-state index contributed by atoms with van der Waals surface area (Å²) >= 11 is 0. The van der Waals surface area contributed by atoms with Crippen LogP contribution in [0.25, 0.3) is 10.9 Å². The molecule has 0 N–H and O–H groups in total. The second-order valence-electron chi connectivity index (χ2n) is 4.82. The Morgan fingerprint density at radius 2 is 2.05 bits per heavy atom. The van der Waals surface area contributed by atoms with E-state index < -0.39 is 0 Å². The summed E-state index contributed by atoms with van der Waals surface area (Å²) in [6, 6.07) is 7.25. The van der Waals surface area contributed by atoms with Crippen LogP contribution in [-0.4, -0.2) is 17.6 Å². The normalized spacial score (nSPS) is 10.9. The van der Waals surface area contributed by atoms with Crippen LogP contribution in [0.15, 0.2) is 35.3 Å². The first-order valence-corrected chi connectivity index (χ1v) is 6.23. The molecule has 0 aliphatic heterocycles. The summed E-state index contributed by atoms with van der Waals surface area (Å²) in [4.78, 5) is 23.3. The van der Waals surface area contributed by atoms with E-state index in [2.05, 4.69) is 18.6 Å². The zero-order valence-electron chi connectivity index (χ0n) is 11.3. The standard InChI is InChI=1S/C15H17NO3/c1-10(2)11-4-5-13-12(8-11)14(17)6-7-16(13)9-15(18)19-3/h4-8,10H,9H2,1-3H3. The molecule has 0 amide bonds. The minimum absolute atomic E-state index is 0.0291. The minimum Gasteiger partial charge on any atom is -0.468 e. The predicted molar refractivity (Wildman–Crippen MR) is 74.3 cm³/mol. The van der Waals surface area contributed by atoms with E-state index in [-0.39, 0.29) is 17.9 Å². The average Bonchev–Trinajstić information content (AvgIpc) is 2.41. The molecule has 1 heterocycles. The fourth-order valence-corrected chi connectivity index (χ4v) is 2.03. The van der Waals surface area contributed by atoms with Gasteiger partial charge < -0.3 is 9.30 Å². The van der Waals surface area contributed by atoms with Crippen LogP contribution in [-0.2, 0) is 16.1 Å². The number of carbonyl (C=O) groups is 1. The van der Waals surface area contributed by atoms with Crippen molar-refractivity contribution in [3.05, 3.63) is 46.2 Å². The third kappa shape index (κ3) is 2.67. The molecule has 0 saturated heterocycles. The van der Waals surface area contributed by atoms with Crippen LogP contribution < -0.4 is 5.43 Å². The third-order valence-electron chi connectivity index (χ3n) is 3.20. The van der Waals surface area contributed by atoms with E-state index in [9.17, 15) is 9.59 Å². The van der Waals surface area contributed by atoms with Crippen molar-refractivity contribution in [1.29, 1.82) is 0 Å². The largest absolute Gasteiger partial charge is 0.468 e. The number of nitrogens with zero attached hydrogens (tertiary/aromatic N) is 1. The minimum atomic E-state index is -0.335. The highest BCUT2D eigenvalue weighted by Gasteiger charge is 2.08. The Kier molecular flexibility index (Phi) is 3.69. The fourth-order valence-electron chi connectivity index (χ4n) is 2.03. The highest BCUT2D eigenvalue weighted by Crippen LogP contribution is 2.19. The van der Waals surface area contributed by atoms with Crippen LogP contribution in [0.3, 0.4) is 0 Å². The lowest BCUT2D eigenvalue weighted by atomic mass is 10.0. The summed E-state index contributed by atoms with van der Waals surface area (Å²) in [5.41, 5.74) is 1.83. The summed E-state index contributed by atoms with van der Waals surface area (Å²) in [6.07, 6.45) is 1.62. The van der Waals surface area contributed by atoms with Crippen LogP contribution >= 0.6 is 0 Å². The first-order chi connectivity index (χ1) is 9.02. The van der Waals surface area contributed by atoms with Gasteiger partial charge >= 0.3 is 5.97 Å². The molecule has 2 rings (SSSR count). The molecule has 1 aromatic heterocycles. The van der Waals surface area contributed by atoms with Crippen molar-refractivity contribution in [3.63, 3.8) is 0 Å². The number of hydrogen-bond donors (Lipinski definition) is 0. The van der Waals surface area contributed by atoms with Gasteiger partial charge in [0.05, 0.1) is 12.6 Å². The van der Waals surface area contributed by atoms with Gasteiger partial charge in [-0.1, -0.05) is 19.9 Å². The number of carbonyl (C=O) groups excluding carboxylic acids is 1. The Bertz CT molecular complexity index is 671. The summed E-state index contributed by atoms with van der Waals surface area (Å²) in [6.45, 7) is 4.27. The van der Waals surface area contributed by atoms with Gasteiger partial charge in [-0.3, -0.25) is 9.59 Å². The van der Waals surface area contributed by atoms with Crippen molar-refractivity contribution in [2.75, 3.05) is 7.11 Å². The Labute approximate surface area is 111 Å². The molecule has 0 aliphatic carbocycles. The SMILES string of the molecule is COC(=O)Cn1ccc(=O)c2cc(C(C)C)ccc21. The average molecular weight is 259 g/mol. The second kappa shape index (κ2) is 5.26. The number of fused-ring (bicyclic) bond motifs is 1. The van der Waals surface area contributed by atoms with Gasteiger partial charge in [0.2, 0.25) is 0 Å². The maximum Gasteiger partial charge on any atom is 0.325 e. The van der Waals surface area contributed by atoms with Crippen molar-refractivity contribution in [1.82, 2.24) is 4.57 Å². The van der Waals surface area contributed by atoms with E-state index >= 15 is 0 Å². The molecule has 0 fully saturated rings. The molecule has 2 aromatic rings. The van der Waals surface area contributed by atoms with E-state index in [0.29, 0.717) is 11.3 Å². The number of hydrogen-bond acceptors (Lipinski definition) is 3. The number of benzene rings is 1. The van der Waals surface area contributed by atoms with Gasteiger partial charge in [0, 0.05) is 17.6 Å². The summed E-state index contributed by atoms with van der Waals surface area (Å²) in [5.74, 6) is 0.0240. The smallest absolute Gasteiger partial charge is 0.325 e. The Morgan fingerprint density at radius 1 is 1.32 bits per heavy atom. The van der Waals surface area contributed by atoms with E-state index in [4.69, 9.17) is 0 Å². The highest BCUT2D eigenvalue weighted by molar-refractivity contribution is 5.81. The van der Waals surface area contributed by atoms with Gasteiger partial charge in [-0.25, -0.2) is 0 Å². The Balaban J connectivity index is 2.60. The fraction of sp³-hybridized carbons (Fsp3) is 0.333. The first-order valence-electron chi connectivity index (χ1n) is 6.23. The molecule has 0 atom stereocenters. The second-order valence-corrected chi connectivity index (χ2v) is 4.82. The van der Waals surface area contributed by atoms with Crippen LogP contribution in [0.2, 0.25) is 0 Å². The topological polar surface area (TPSA) is 48.3 Å². The number of methoxy groups -OCH3 is 1. The molecular weight excluding hydrogens is 242 g/mol. The van der Waals surface area contributed by atoms with Gasteiger partial charge in [-0.15, -0.1) is 0 Å². The molecule has 0 bridgehead atoms. The molecule has 0 saturated carbocycles. The van der Waals surface area contributed by atoms with Gasteiger partial charge in [0.1, 0.15) is 6.54 Å². The van der Waals surface area contributed by atoms with Crippen LogP contribution in [0.5, 0.6) is 0 Å². The predicted octanol–water partition coefficient (Wildman–Crippen LogP) is 2.30. The van der Waals surface area contributed by atoms with Crippen molar-refractivity contribution < 1.29 is 9.53 Å². The molecule has 0 unspecified atom stereocenters. The van der Waals surface area contributed by atoms with Crippen LogP contribution in [0.1, 0.15) is 25.3 Å². The third-order valence-corrected chi connectivity index (χ3v) is 3.20. The molecule has 4 heteroatoms. The molecule has 0 radical (unpaired) electrons. The Morgan fingerprint density at radius 3 is 2.68 bits per heavy atom. The van der Waals surface area contributed by atoms with Crippen molar-refractivity contribution in [2.45, 2.75) is 26.3 Å². The van der Waals surface area contributed by atoms with E-state index in [1.807, 2.05) is 18.2 Å². The molecular formula is C15H17NO3. The maximum atomic E-state index is 11.9. The van der Waals surface area contributed by atoms with Crippen LogP contribution in [0, 0.1) is 0 Å². The summed E-state index contributed by atoms with van der Waals surface area (Å²) in [5, 5.41) is 0.637. The molecule has 0 spiro atoms. The van der Waals surface area contributed by atoms with Crippen molar-refractivity contribution in [2.24, 2.45) is 0 Å². The maximum absolute atomic E-state index is 11.9. The lowest BCUT2D eigenvalue weighted by molar-refractivity contribution is -0.141. The van der Waals surface area contributed by atoms with Crippen molar-refractivity contribution in [3.8, 4) is 0 Å². The number of rotatable bonds is 3. The van der Waals surface area contributed by atoms with E-state index in [0.717, 1.165) is 11.1 Å². The molecule has 4 nitrogen and oxygen atoms in total.